The first-order chi connectivity index (χ1) is 26.7. The Bertz CT molecular complexity index is 2490. The standard InChI is InChI=1S/C51H39N3/c1-38-20-24-45(25-21-38)52(46-28-32-48(33-29-46)53(43-16-4-2-5-17-43)50-26-22-39-12-8-10-14-41(39)36-50)47-30-34-49(35-31-47)54(44-18-6-3-7-19-44)51-27-23-40-13-9-11-15-42(40)37-51/h2-37H,1H3. The number of hydrogen-bond donors (Lipinski definition) is 0. The molecule has 0 heterocycles. The number of benzene rings is 9. The van der Waals surface area contributed by atoms with Crippen molar-refractivity contribution in [3.05, 3.63) is 224 Å². The minimum Gasteiger partial charge on any atom is -0.311 e. The molecule has 3 nitrogen and oxygen atoms in total. The van der Waals surface area contributed by atoms with Crippen LogP contribution in [0.1, 0.15) is 5.56 Å². The van der Waals surface area contributed by atoms with Gasteiger partial charge in [-0.3, -0.25) is 0 Å². The van der Waals surface area contributed by atoms with Crippen LogP contribution in [-0.4, -0.2) is 0 Å². The van der Waals surface area contributed by atoms with Gasteiger partial charge in [0.05, 0.1) is 0 Å². The fourth-order valence-corrected chi connectivity index (χ4v) is 7.32. The average molecular weight is 694 g/mol. The molecule has 258 valence electrons. The lowest BCUT2D eigenvalue weighted by Gasteiger charge is -2.29. The van der Waals surface area contributed by atoms with Crippen molar-refractivity contribution < 1.29 is 0 Å². The van der Waals surface area contributed by atoms with Crippen LogP contribution in [0.5, 0.6) is 0 Å². The van der Waals surface area contributed by atoms with Crippen molar-refractivity contribution in [2.24, 2.45) is 0 Å². The smallest absolute Gasteiger partial charge is 0.0468 e. The molecule has 0 aliphatic rings. The molecular weight excluding hydrogens is 655 g/mol. The summed E-state index contributed by atoms with van der Waals surface area (Å²) in [5.41, 5.74) is 11.1. The van der Waals surface area contributed by atoms with Gasteiger partial charge in [0.2, 0.25) is 0 Å². The Morgan fingerprint density at radius 3 is 0.852 bits per heavy atom. The van der Waals surface area contributed by atoms with Gasteiger partial charge in [-0.25, -0.2) is 0 Å². The molecule has 54 heavy (non-hydrogen) atoms. The Hall–Kier alpha value is -7.10. The van der Waals surface area contributed by atoms with Crippen molar-refractivity contribution in [1.29, 1.82) is 0 Å². The maximum Gasteiger partial charge on any atom is 0.0468 e. The lowest BCUT2D eigenvalue weighted by Crippen LogP contribution is -2.13. The van der Waals surface area contributed by atoms with Crippen LogP contribution in [0.4, 0.5) is 51.2 Å². The summed E-state index contributed by atoms with van der Waals surface area (Å²) in [5.74, 6) is 0. The molecule has 0 aliphatic heterocycles. The van der Waals surface area contributed by atoms with Gasteiger partial charge in [-0.1, -0.05) is 115 Å². The van der Waals surface area contributed by atoms with Crippen LogP contribution >= 0.6 is 0 Å². The molecular formula is C51H39N3. The second-order valence-corrected chi connectivity index (χ2v) is 13.6. The first-order valence-corrected chi connectivity index (χ1v) is 18.4. The summed E-state index contributed by atoms with van der Waals surface area (Å²) < 4.78 is 0. The summed E-state index contributed by atoms with van der Waals surface area (Å²) in [6.07, 6.45) is 0. The molecule has 0 fully saturated rings. The molecule has 0 unspecified atom stereocenters. The van der Waals surface area contributed by atoms with E-state index in [-0.39, 0.29) is 0 Å². The SMILES string of the molecule is Cc1ccc(N(c2ccc(N(c3ccccc3)c3ccc4ccccc4c3)cc2)c2ccc(N(c3ccccc3)c3ccc4ccccc4c3)cc2)cc1. The van der Waals surface area contributed by atoms with E-state index >= 15 is 0 Å². The van der Waals surface area contributed by atoms with E-state index in [0.29, 0.717) is 0 Å². The van der Waals surface area contributed by atoms with E-state index in [1.54, 1.807) is 0 Å². The van der Waals surface area contributed by atoms with E-state index in [2.05, 4.69) is 240 Å². The molecule has 0 N–H and O–H groups in total. The third-order valence-electron chi connectivity index (χ3n) is 10.0. The summed E-state index contributed by atoms with van der Waals surface area (Å²) >= 11 is 0. The van der Waals surface area contributed by atoms with Crippen molar-refractivity contribution in [2.75, 3.05) is 14.7 Å². The molecule has 0 bridgehead atoms. The van der Waals surface area contributed by atoms with Crippen molar-refractivity contribution in [1.82, 2.24) is 0 Å². The fraction of sp³-hybridized carbons (Fsp3) is 0.0196. The number of hydrogen-bond acceptors (Lipinski definition) is 3. The second-order valence-electron chi connectivity index (χ2n) is 13.6. The number of aryl methyl sites for hydroxylation is 1. The van der Waals surface area contributed by atoms with E-state index in [1.165, 1.54) is 27.1 Å². The lowest BCUT2D eigenvalue weighted by molar-refractivity contribution is 1.24. The van der Waals surface area contributed by atoms with Gasteiger partial charge in [0.15, 0.2) is 0 Å². The number of fused-ring (bicyclic) bond motifs is 2. The molecule has 9 rings (SSSR count). The van der Waals surface area contributed by atoms with Crippen LogP contribution < -0.4 is 14.7 Å². The van der Waals surface area contributed by atoms with Crippen LogP contribution in [0.25, 0.3) is 21.5 Å². The zero-order valence-corrected chi connectivity index (χ0v) is 30.1. The number of nitrogens with zero attached hydrogens (tertiary/aromatic N) is 3. The highest BCUT2D eigenvalue weighted by atomic mass is 15.2. The predicted molar refractivity (Wildman–Crippen MR) is 230 cm³/mol. The molecule has 0 spiro atoms. The van der Waals surface area contributed by atoms with Crippen LogP contribution in [0, 0.1) is 6.92 Å². The van der Waals surface area contributed by atoms with Gasteiger partial charge < -0.3 is 14.7 Å². The van der Waals surface area contributed by atoms with E-state index in [4.69, 9.17) is 0 Å². The maximum atomic E-state index is 2.33. The predicted octanol–water partition coefficient (Wildman–Crippen LogP) is 14.7. The highest BCUT2D eigenvalue weighted by Crippen LogP contribution is 2.42. The van der Waals surface area contributed by atoms with Crippen molar-refractivity contribution in [3.8, 4) is 0 Å². The molecule has 9 aromatic rings. The minimum atomic E-state index is 1.08. The van der Waals surface area contributed by atoms with Crippen molar-refractivity contribution in [2.45, 2.75) is 6.92 Å². The molecule has 0 aromatic heterocycles. The average Bonchev–Trinajstić information content (AvgIpc) is 3.24. The third-order valence-corrected chi connectivity index (χ3v) is 10.0. The fourth-order valence-electron chi connectivity index (χ4n) is 7.32. The van der Waals surface area contributed by atoms with Gasteiger partial charge in [-0.2, -0.15) is 0 Å². The van der Waals surface area contributed by atoms with Crippen LogP contribution in [-0.2, 0) is 0 Å². The largest absolute Gasteiger partial charge is 0.311 e. The van der Waals surface area contributed by atoms with Gasteiger partial charge in [0, 0.05) is 51.2 Å². The Morgan fingerprint density at radius 1 is 0.222 bits per heavy atom. The minimum absolute atomic E-state index is 1.08. The summed E-state index contributed by atoms with van der Waals surface area (Å²) in [6, 6.07) is 78.2. The quantitative estimate of drug-likeness (QED) is 0.149. The number of rotatable bonds is 9. The topological polar surface area (TPSA) is 9.72 Å². The van der Waals surface area contributed by atoms with E-state index in [9.17, 15) is 0 Å². The molecule has 0 amide bonds. The number of para-hydroxylation sites is 2. The zero-order chi connectivity index (χ0) is 36.3. The van der Waals surface area contributed by atoms with Crippen LogP contribution in [0.15, 0.2) is 218 Å². The van der Waals surface area contributed by atoms with Crippen molar-refractivity contribution in [3.63, 3.8) is 0 Å². The summed E-state index contributed by atoms with van der Waals surface area (Å²) in [6.45, 7) is 2.13. The monoisotopic (exact) mass is 693 g/mol. The van der Waals surface area contributed by atoms with Crippen LogP contribution in [0.2, 0.25) is 0 Å². The van der Waals surface area contributed by atoms with Crippen molar-refractivity contribution >= 4 is 72.7 Å². The van der Waals surface area contributed by atoms with E-state index in [1.807, 2.05) is 0 Å². The summed E-state index contributed by atoms with van der Waals surface area (Å²) in [5, 5.41) is 4.89. The summed E-state index contributed by atoms with van der Waals surface area (Å²) in [4.78, 5) is 6.98. The zero-order valence-electron chi connectivity index (χ0n) is 30.1. The summed E-state index contributed by atoms with van der Waals surface area (Å²) in [7, 11) is 0. The van der Waals surface area contributed by atoms with Gasteiger partial charge in [0.25, 0.3) is 0 Å². The Balaban J connectivity index is 1.10. The van der Waals surface area contributed by atoms with Gasteiger partial charge in [-0.15, -0.1) is 0 Å². The Morgan fingerprint density at radius 2 is 0.481 bits per heavy atom. The molecule has 0 radical (unpaired) electrons. The van der Waals surface area contributed by atoms with Gasteiger partial charge >= 0.3 is 0 Å². The molecule has 0 saturated heterocycles. The lowest BCUT2D eigenvalue weighted by atomic mass is 10.1. The highest BCUT2D eigenvalue weighted by molar-refractivity contribution is 5.91. The van der Waals surface area contributed by atoms with E-state index in [0.717, 1.165) is 51.2 Å². The molecule has 0 aliphatic carbocycles. The molecule has 9 aromatic carbocycles. The second kappa shape index (κ2) is 14.5. The molecule has 0 saturated carbocycles. The van der Waals surface area contributed by atoms with E-state index < -0.39 is 0 Å². The first kappa shape index (κ1) is 32.8. The van der Waals surface area contributed by atoms with Gasteiger partial charge in [0.1, 0.15) is 0 Å². The Kier molecular flexibility index (Phi) is 8.80. The Labute approximate surface area is 317 Å². The highest BCUT2D eigenvalue weighted by Gasteiger charge is 2.18. The third kappa shape index (κ3) is 6.55. The normalized spacial score (nSPS) is 11.1. The number of anilines is 9. The molecule has 0 atom stereocenters. The van der Waals surface area contributed by atoms with Gasteiger partial charge in [-0.05, 0) is 138 Å². The molecule has 3 heteroatoms. The first-order valence-electron chi connectivity index (χ1n) is 18.4. The maximum absolute atomic E-state index is 2.33. The van der Waals surface area contributed by atoms with Crippen LogP contribution in [0.3, 0.4) is 0 Å².